The molecule has 0 spiro atoms. The monoisotopic (exact) mass is 193 g/mol. The minimum absolute atomic E-state index is 0.407. The van der Waals surface area contributed by atoms with E-state index < -0.39 is 0 Å². The van der Waals surface area contributed by atoms with Crippen LogP contribution in [0.4, 0.5) is 0 Å². The molecule has 1 aromatic carbocycles. The van der Waals surface area contributed by atoms with Gasteiger partial charge in [0.05, 0.1) is 0 Å². The van der Waals surface area contributed by atoms with Crippen LogP contribution >= 0.6 is 0 Å². The summed E-state index contributed by atoms with van der Waals surface area (Å²) in [5, 5.41) is 9.65. The zero-order chi connectivity index (χ0) is 10.7. The number of phenolic OH excluding ortho intramolecular Hbond substituents is 1. The lowest BCUT2D eigenvalue weighted by atomic mass is 10.0. The number of aryl methyl sites for hydroxylation is 1. The fraction of sp³-hybridized carbons (Fsp3) is 0.500. The van der Waals surface area contributed by atoms with Crippen molar-refractivity contribution in [2.45, 2.75) is 26.3 Å². The Kier molecular flexibility index (Phi) is 3.53. The average Bonchev–Trinajstić information content (AvgIpc) is 2.11. The summed E-state index contributed by atoms with van der Waals surface area (Å²) in [6, 6.07) is 6.20. The minimum Gasteiger partial charge on any atom is -0.508 e. The standard InChI is InChI=1S/C12H19NO/c1-9-5-6-12(14)11(7-9)8-10(2)13(3)4/h5-7,10,14H,8H2,1-4H3. The lowest BCUT2D eigenvalue weighted by Gasteiger charge is -2.20. The van der Waals surface area contributed by atoms with E-state index >= 15 is 0 Å². The lowest BCUT2D eigenvalue weighted by Crippen LogP contribution is -2.26. The molecule has 0 saturated heterocycles. The molecule has 1 aromatic rings. The largest absolute Gasteiger partial charge is 0.508 e. The highest BCUT2D eigenvalue weighted by Gasteiger charge is 2.08. The second kappa shape index (κ2) is 4.47. The van der Waals surface area contributed by atoms with Crippen molar-refractivity contribution in [2.24, 2.45) is 0 Å². The highest BCUT2D eigenvalue weighted by atomic mass is 16.3. The maximum absolute atomic E-state index is 9.65. The van der Waals surface area contributed by atoms with Crippen LogP contribution < -0.4 is 0 Å². The van der Waals surface area contributed by atoms with E-state index in [0.29, 0.717) is 11.8 Å². The van der Waals surface area contributed by atoms with Gasteiger partial charge in [0.25, 0.3) is 0 Å². The van der Waals surface area contributed by atoms with Crippen molar-refractivity contribution in [3.8, 4) is 5.75 Å². The molecule has 14 heavy (non-hydrogen) atoms. The number of hydrogen-bond acceptors (Lipinski definition) is 2. The molecule has 1 N–H and O–H groups in total. The van der Waals surface area contributed by atoms with Gasteiger partial charge in [0.15, 0.2) is 0 Å². The number of hydrogen-bond donors (Lipinski definition) is 1. The van der Waals surface area contributed by atoms with E-state index in [1.807, 2.05) is 13.0 Å². The van der Waals surface area contributed by atoms with Crippen molar-refractivity contribution in [1.82, 2.24) is 4.90 Å². The third kappa shape index (κ3) is 2.74. The molecule has 0 amide bonds. The Labute approximate surface area is 86.2 Å². The summed E-state index contributed by atoms with van der Waals surface area (Å²) >= 11 is 0. The maximum Gasteiger partial charge on any atom is 0.118 e. The summed E-state index contributed by atoms with van der Waals surface area (Å²) in [5.41, 5.74) is 2.23. The number of rotatable bonds is 3. The molecule has 0 heterocycles. The molecule has 0 radical (unpaired) electrons. The van der Waals surface area contributed by atoms with Crippen LogP contribution in [0.25, 0.3) is 0 Å². The predicted molar refractivity (Wildman–Crippen MR) is 59.7 cm³/mol. The van der Waals surface area contributed by atoms with Crippen LogP contribution in [0.5, 0.6) is 5.75 Å². The van der Waals surface area contributed by atoms with Crippen LogP contribution in [0.2, 0.25) is 0 Å². The van der Waals surface area contributed by atoms with Crippen LogP contribution in [0, 0.1) is 6.92 Å². The van der Waals surface area contributed by atoms with Gasteiger partial charge in [0, 0.05) is 6.04 Å². The summed E-state index contributed by atoms with van der Waals surface area (Å²) in [7, 11) is 4.11. The number of nitrogens with zero attached hydrogens (tertiary/aromatic N) is 1. The Morgan fingerprint density at radius 1 is 1.36 bits per heavy atom. The van der Waals surface area contributed by atoms with Crippen molar-refractivity contribution in [3.63, 3.8) is 0 Å². The van der Waals surface area contributed by atoms with Gasteiger partial charge in [-0.3, -0.25) is 0 Å². The van der Waals surface area contributed by atoms with E-state index in [2.05, 4.69) is 32.0 Å². The predicted octanol–water partition coefficient (Wildman–Crippen LogP) is 2.19. The first kappa shape index (κ1) is 11.1. The molecule has 0 fully saturated rings. The molecule has 0 aliphatic carbocycles. The molecule has 2 nitrogen and oxygen atoms in total. The number of aromatic hydroxyl groups is 1. The summed E-state index contributed by atoms with van der Waals surface area (Å²) in [6.07, 6.45) is 0.889. The molecule has 2 heteroatoms. The van der Waals surface area contributed by atoms with E-state index in [0.717, 1.165) is 12.0 Å². The van der Waals surface area contributed by atoms with Gasteiger partial charge in [0.2, 0.25) is 0 Å². The topological polar surface area (TPSA) is 23.5 Å². The molecule has 78 valence electrons. The van der Waals surface area contributed by atoms with Crippen LogP contribution in [-0.4, -0.2) is 30.1 Å². The van der Waals surface area contributed by atoms with Crippen molar-refractivity contribution in [1.29, 1.82) is 0 Å². The van der Waals surface area contributed by atoms with Gasteiger partial charge in [-0.15, -0.1) is 0 Å². The Morgan fingerprint density at radius 3 is 2.57 bits per heavy atom. The highest BCUT2D eigenvalue weighted by Crippen LogP contribution is 2.20. The van der Waals surface area contributed by atoms with Gasteiger partial charge in [-0.1, -0.05) is 17.7 Å². The Balaban J connectivity index is 2.80. The van der Waals surface area contributed by atoms with E-state index in [-0.39, 0.29) is 0 Å². The van der Waals surface area contributed by atoms with Gasteiger partial charge in [-0.2, -0.15) is 0 Å². The molecular formula is C12H19NO. The molecule has 1 atom stereocenters. The first-order chi connectivity index (χ1) is 6.50. The molecule has 1 unspecified atom stereocenters. The SMILES string of the molecule is Cc1ccc(O)c(CC(C)N(C)C)c1. The van der Waals surface area contributed by atoms with Crippen molar-refractivity contribution < 1.29 is 5.11 Å². The number of benzene rings is 1. The Hall–Kier alpha value is -1.02. The van der Waals surface area contributed by atoms with E-state index in [4.69, 9.17) is 0 Å². The van der Waals surface area contributed by atoms with Crippen LogP contribution in [0.15, 0.2) is 18.2 Å². The fourth-order valence-electron chi connectivity index (χ4n) is 1.38. The number of likely N-dealkylation sites (N-methyl/N-ethyl adjacent to an activating group) is 1. The molecule has 0 saturated carbocycles. The van der Waals surface area contributed by atoms with Crippen LogP contribution in [0.1, 0.15) is 18.1 Å². The summed E-state index contributed by atoms with van der Waals surface area (Å²) in [4.78, 5) is 2.15. The normalized spacial score (nSPS) is 13.2. The van der Waals surface area contributed by atoms with Gasteiger partial charge in [-0.05, 0) is 46.0 Å². The summed E-state index contributed by atoms with van der Waals surface area (Å²) in [5.74, 6) is 0.407. The molecule has 0 bridgehead atoms. The quantitative estimate of drug-likeness (QED) is 0.795. The zero-order valence-corrected chi connectivity index (χ0v) is 9.41. The van der Waals surface area contributed by atoms with E-state index in [1.54, 1.807) is 6.07 Å². The van der Waals surface area contributed by atoms with E-state index in [9.17, 15) is 5.11 Å². The van der Waals surface area contributed by atoms with E-state index in [1.165, 1.54) is 5.56 Å². The second-order valence-electron chi connectivity index (χ2n) is 4.15. The third-order valence-electron chi connectivity index (χ3n) is 2.63. The minimum atomic E-state index is 0.407. The van der Waals surface area contributed by atoms with Gasteiger partial charge in [-0.25, -0.2) is 0 Å². The maximum atomic E-state index is 9.65. The zero-order valence-electron chi connectivity index (χ0n) is 9.41. The molecule has 0 aliphatic heterocycles. The molecular weight excluding hydrogens is 174 g/mol. The first-order valence-electron chi connectivity index (χ1n) is 4.95. The van der Waals surface area contributed by atoms with Crippen molar-refractivity contribution in [3.05, 3.63) is 29.3 Å². The number of phenols is 1. The highest BCUT2D eigenvalue weighted by molar-refractivity contribution is 5.36. The average molecular weight is 193 g/mol. The van der Waals surface area contributed by atoms with Gasteiger partial charge >= 0.3 is 0 Å². The Bertz CT molecular complexity index is 307. The smallest absolute Gasteiger partial charge is 0.118 e. The molecule has 0 aromatic heterocycles. The second-order valence-corrected chi connectivity index (χ2v) is 4.15. The first-order valence-corrected chi connectivity index (χ1v) is 4.95. The summed E-state index contributed by atoms with van der Waals surface area (Å²) < 4.78 is 0. The molecule has 0 aliphatic rings. The summed E-state index contributed by atoms with van der Waals surface area (Å²) in [6.45, 7) is 4.20. The van der Waals surface area contributed by atoms with Gasteiger partial charge < -0.3 is 10.0 Å². The fourth-order valence-corrected chi connectivity index (χ4v) is 1.38. The molecule has 1 rings (SSSR count). The van der Waals surface area contributed by atoms with Crippen molar-refractivity contribution in [2.75, 3.05) is 14.1 Å². The Morgan fingerprint density at radius 2 is 2.00 bits per heavy atom. The third-order valence-corrected chi connectivity index (χ3v) is 2.63. The van der Waals surface area contributed by atoms with Crippen LogP contribution in [-0.2, 0) is 6.42 Å². The lowest BCUT2D eigenvalue weighted by molar-refractivity contribution is 0.309. The van der Waals surface area contributed by atoms with Crippen LogP contribution in [0.3, 0.4) is 0 Å². The van der Waals surface area contributed by atoms with Crippen molar-refractivity contribution >= 4 is 0 Å². The van der Waals surface area contributed by atoms with Gasteiger partial charge in [0.1, 0.15) is 5.75 Å².